The van der Waals surface area contributed by atoms with Crippen LogP contribution in [0, 0.1) is 28.4 Å². The number of hydrogen-bond donors (Lipinski definition) is 0. The average Bonchev–Trinajstić information content (AvgIpc) is 2.74. The van der Waals surface area contributed by atoms with Gasteiger partial charge in [-0.05, 0) is 35.6 Å². The van der Waals surface area contributed by atoms with Crippen LogP contribution in [0.25, 0.3) is 0 Å². The normalized spacial score (nSPS) is 10.2. The maximum atomic E-state index is 10.7. The molecule has 0 bridgehead atoms. The van der Waals surface area contributed by atoms with Crippen LogP contribution >= 0.6 is 15.9 Å². The average molecular weight is 321 g/mol. The molecular formula is C12H9BrN4O2. The van der Waals surface area contributed by atoms with Crippen LogP contribution in [0.2, 0.25) is 0 Å². The maximum absolute atomic E-state index is 10.7. The zero-order valence-corrected chi connectivity index (χ0v) is 11.6. The first-order valence-corrected chi connectivity index (χ1v) is 6.18. The van der Waals surface area contributed by atoms with Crippen LogP contribution < -0.4 is 0 Å². The fourth-order valence-corrected chi connectivity index (χ4v) is 2.04. The van der Waals surface area contributed by atoms with E-state index in [-0.39, 0.29) is 5.82 Å². The smallest absolute Gasteiger partial charge is 0.358 e. The van der Waals surface area contributed by atoms with Crippen LogP contribution in [0.15, 0.2) is 28.7 Å². The first kappa shape index (κ1) is 13.2. The summed E-state index contributed by atoms with van der Waals surface area (Å²) in [6, 6.07) is 8.69. The zero-order valence-electron chi connectivity index (χ0n) is 10.00. The molecule has 1 heterocycles. The molecule has 0 saturated carbocycles. The minimum Gasteiger partial charge on any atom is -0.358 e. The van der Waals surface area contributed by atoms with Gasteiger partial charge in [-0.15, -0.1) is 0 Å². The summed E-state index contributed by atoms with van der Waals surface area (Å²) >= 11 is 3.39. The Bertz CT molecular complexity index is 688. The largest absolute Gasteiger partial charge is 0.390 e. The molecule has 0 aliphatic heterocycles. The summed E-state index contributed by atoms with van der Waals surface area (Å²) in [5.41, 5.74) is 2.08. The van der Waals surface area contributed by atoms with Crippen molar-refractivity contribution in [1.29, 1.82) is 5.26 Å². The molecule has 1 aromatic carbocycles. The van der Waals surface area contributed by atoms with Crippen LogP contribution in [-0.4, -0.2) is 14.7 Å². The van der Waals surface area contributed by atoms with E-state index in [1.807, 2.05) is 0 Å². The van der Waals surface area contributed by atoms with Crippen molar-refractivity contribution in [2.75, 3.05) is 0 Å². The predicted octanol–water partition coefficient (Wildman–Crippen LogP) is 2.78. The van der Waals surface area contributed by atoms with E-state index < -0.39 is 4.92 Å². The summed E-state index contributed by atoms with van der Waals surface area (Å²) < 4.78 is 2.38. The lowest BCUT2D eigenvalue weighted by Gasteiger charge is -2.04. The fourth-order valence-electron chi connectivity index (χ4n) is 1.67. The van der Waals surface area contributed by atoms with Crippen molar-refractivity contribution in [3.8, 4) is 6.07 Å². The number of hydrogen-bond acceptors (Lipinski definition) is 4. The van der Waals surface area contributed by atoms with Crippen molar-refractivity contribution in [3.05, 3.63) is 55.7 Å². The summed E-state index contributed by atoms with van der Waals surface area (Å²) in [5, 5.41) is 23.5. The van der Waals surface area contributed by atoms with Crippen LogP contribution in [0.4, 0.5) is 5.82 Å². The van der Waals surface area contributed by atoms with Crippen molar-refractivity contribution in [2.24, 2.45) is 0 Å². The summed E-state index contributed by atoms with van der Waals surface area (Å²) in [7, 11) is 0. The molecule has 2 rings (SSSR count). The lowest BCUT2D eigenvalue weighted by molar-refractivity contribution is -0.389. The van der Waals surface area contributed by atoms with Crippen LogP contribution in [0.1, 0.15) is 16.8 Å². The van der Waals surface area contributed by atoms with Crippen molar-refractivity contribution < 1.29 is 4.92 Å². The molecule has 6 nitrogen and oxygen atoms in total. The minimum absolute atomic E-state index is 0.176. The van der Waals surface area contributed by atoms with Gasteiger partial charge < -0.3 is 10.1 Å². The lowest BCUT2D eigenvalue weighted by atomic mass is 10.1. The van der Waals surface area contributed by atoms with E-state index in [9.17, 15) is 10.1 Å². The highest BCUT2D eigenvalue weighted by atomic mass is 79.9. The van der Waals surface area contributed by atoms with E-state index in [1.54, 1.807) is 29.8 Å². The van der Waals surface area contributed by atoms with Gasteiger partial charge in [0, 0.05) is 4.47 Å². The molecule has 0 N–H and O–H groups in total. The Morgan fingerprint density at radius 3 is 2.84 bits per heavy atom. The Hall–Kier alpha value is -2.20. The Morgan fingerprint density at radius 1 is 1.53 bits per heavy atom. The highest BCUT2D eigenvalue weighted by Crippen LogP contribution is 2.21. The molecular weight excluding hydrogens is 312 g/mol. The summed E-state index contributed by atoms with van der Waals surface area (Å²) in [6.45, 7) is 2.12. The van der Waals surface area contributed by atoms with Gasteiger partial charge in [0.1, 0.15) is 0 Å². The maximum Gasteiger partial charge on any atom is 0.390 e. The standard InChI is InChI=1S/C12H9BrN4O2/c1-8-4-12(17(18)19)15-16(8)7-10-5-9(6-14)2-3-11(10)13/h2-5H,7H2,1H3. The van der Waals surface area contributed by atoms with E-state index in [0.717, 1.165) is 10.0 Å². The molecule has 0 aliphatic rings. The molecule has 1 aromatic heterocycles. The quantitative estimate of drug-likeness (QED) is 0.642. The van der Waals surface area contributed by atoms with E-state index >= 15 is 0 Å². The van der Waals surface area contributed by atoms with Crippen molar-refractivity contribution in [2.45, 2.75) is 13.5 Å². The Kier molecular flexibility index (Phi) is 3.62. The number of nitrogens with zero attached hydrogens (tertiary/aromatic N) is 4. The first-order valence-electron chi connectivity index (χ1n) is 5.38. The molecule has 0 radical (unpaired) electrons. The van der Waals surface area contributed by atoms with E-state index in [4.69, 9.17) is 5.26 Å². The third kappa shape index (κ3) is 2.80. The van der Waals surface area contributed by atoms with Crippen LogP contribution in [0.5, 0.6) is 0 Å². The van der Waals surface area contributed by atoms with E-state index in [2.05, 4.69) is 27.1 Å². The minimum atomic E-state index is -0.524. The third-order valence-electron chi connectivity index (χ3n) is 2.65. The van der Waals surface area contributed by atoms with Gasteiger partial charge in [-0.1, -0.05) is 15.9 Å². The topological polar surface area (TPSA) is 84.8 Å². The predicted molar refractivity (Wildman–Crippen MR) is 71.6 cm³/mol. The lowest BCUT2D eigenvalue weighted by Crippen LogP contribution is -2.05. The SMILES string of the molecule is Cc1cc([N+](=O)[O-])nn1Cc1cc(C#N)ccc1Br. The van der Waals surface area contributed by atoms with E-state index in [1.165, 1.54) is 6.07 Å². The first-order chi connectivity index (χ1) is 9.01. The highest BCUT2D eigenvalue weighted by Gasteiger charge is 2.16. The van der Waals surface area contributed by atoms with Crippen molar-refractivity contribution in [3.63, 3.8) is 0 Å². The number of aryl methyl sites for hydroxylation is 1. The molecule has 0 unspecified atom stereocenters. The Balaban J connectivity index is 2.36. The molecule has 0 saturated heterocycles. The van der Waals surface area contributed by atoms with Gasteiger partial charge in [0.25, 0.3) is 0 Å². The van der Waals surface area contributed by atoms with Crippen LogP contribution in [0.3, 0.4) is 0 Å². The van der Waals surface area contributed by atoms with Gasteiger partial charge >= 0.3 is 5.82 Å². The molecule has 0 spiro atoms. The molecule has 0 amide bonds. The summed E-state index contributed by atoms with van der Waals surface area (Å²) in [4.78, 5) is 10.1. The van der Waals surface area contributed by atoms with Gasteiger partial charge in [-0.25, -0.2) is 0 Å². The second kappa shape index (κ2) is 5.20. The van der Waals surface area contributed by atoms with E-state index in [0.29, 0.717) is 17.8 Å². The Morgan fingerprint density at radius 2 is 2.26 bits per heavy atom. The third-order valence-corrected chi connectivity index (χ3v) is 3.42. The van der Waals surface area contributed by atoms with Crippen molar-refractivity contribution in [1.82, 2.24) is 9.78 Å². The molecule has 0 aliphatic carbocycles. The number of halogens is 1. The Labute approximate surface area is 117 Å². The molecule has 0 fully saturated rings. The molecule has 19 heavy (non-hydrogen) atoms. The second-order valence-electron chi connectivity index (χ2n) is 3.98. The second-order valence-corrected chi connectivity index (χ2v) is 4.83. The zero-order chi connectivity index (χ0) is 14.0. The fraction of sp³-hybridized carbons (Fsp3) is 0.167. The number of benzene rings is 1. The van der Waals surface area contributed by atoms with Crippen molar-refractivity contribution >= 4 is 21.7 Å². The number of nitriles is 1. The molecule has 0 atom stereocenters. The molecule has 96 valence electrons. The highest BCUT2D eigenvalue weighted by molar-refractivity contribution is 9.10. The summed E-state index contributed by atoms with van der Waals surface area (Å²) in [6.07, 6.45) is 0. The van der Waals surface area contributed by atoms with Gasteiger partial charge in [0.15, 0.2) is 0 Å². The van der Waals surface area contributed by atoms with Gasteiger partial charge in [0.05, 0.1) is 35.0 Å². The number of nitro groups is 1. The monoisotopic (exact) mass is 320 g/mol. The van der Waals surface area contributed by atoms with Gasteiger partial charge in [-0.2, -0.15) is 9.94 Å². The molecule has 7 heteroatoms. The number of rotatable bonds is 3. The molecule has 2 aromatic rings. The van der Waals surface area contributed by atoms with Gasteiger partial charge in [-0.3, -0.25) is 0 Å². The summed E-state index contributed by atoms with van der Waals surface area (Å²) in [5.74, 6) is -0.176. The number of aromatic nitrogens is 2. The van der Waals surface area contributed by atoms with Crippen LogP contribution in [-0.2, 0) is 6.54 Å². The van der Waals surface area contributed by atoms with Gasteiger partial charge in [0.2, 0.25) is 0 Å².